The molecule has 0 radical (unpaired) electrons. The van der Waals surface area contributed by atoms with Gasteiger partial charge in [-0.25, -0.2) is 0 Å². The first-order valence-corrected chi connectivity index (χ1v) is 10.8. The highest BCUT2D eigenvalue weighted by molar-refractivity contribution is 9.10. The van der Waals surface area contributed by atoms with Crippen LogP contribution in [0, 0.1) is 0 Å². The van der Waals surface area contributed by atoms with Gasteiger partial charge in [-0.1, -0.05) is 52.3 Å². The van der Waals surface area contributed by atoms with Crippen molar-refractivity contribution in [2.45, 2.75) is 0 Å². The van der Waals surface area contributed by atoms with Crippen LogP contribution in [0.25, 0.3) is 0 Å². The van der Waals surface area contributed by atoms with Crippen LogP contribution in [0.1, 0.15) is 20.7 Å². The Labute approximate surface area is 194 Å². The fourth-order valence-electron chi connectivity index (χ4n) is 3.14. The lowest BCUT2D eigenvalue weighted by atomic mass is 10.1. The van der Waals surface area contributed by atoms with Gasteiger partial charge in [0.25, 0.3) is 11.8 Å². The zero-order valence-electron chi connectivity index (χ0n) is 17.0. The van der Waals surface area contributed by atoms with Gasteiger partial charge in [0.2, 0.25) is 0 Å². The summed E-state index contributed by atoms with van der Waals surface area (Å²) in [6.45, 7) is 0. The Balaban J connectivity index is 1.45. The van der Waals surface area contributed by atoms with Crippen LogP contribution in [0.3, 0.4) is 0 Å². The van der Waals surface area contributed by atoms with Crippen LogP contribution in [-0.2, 0) is 0 Å². The minimum absolute atomic E-state index is 0.289. The smallest absolute Gasteiger partial charge is 0.257 e. The van der Waals surface area contributed by atoms with Crippen LogP contribution in [0.15, 0.2) is 108 Å². The van der Waals surface area contributed by atoms with E-state index in [0.717, 1.165) is 15.8 Å². The summed E-state index contributed by atoms with van der Waals surface area (Å²) in [5.74, 6) is -0.596. The van der Waals surface area contributed by atoms with E-state index in [1.807, 2.05) is 60.7 Å². The van der Waals surface area contributed by atoms with Gasteiger partial charge in [0, 0.05) is 27.1 Å². The molecule has 0 aliphatic carbocycles. The molecule has 4 rings (SSSR count). The van der Waals surface area contributed by atoms with E-state index in [4.69, 9.17) is 0 Å². The van der Waals surface area contributed by atoms with Gasteiger partial charge in [-0.3, -0.25) is 9.59 Å². The molecule has 0 unspecified atom stereocenters. The molecule has 0 aromatic heterocycles. The molecule has 5 nitrogen and oxygen atoms in total. The molecule has 0 heterocycles. The third kappa shape index (κ3) is 5.42. The van der Waals surface area contributed by atoms with Gasteiger partial charge in [0.15, 0.2) is 0 Å². The standard InChI is InChI=1S/C26H20BrN3O2/c27-19-8-6-7-18(17-19)25(31)30-24-12-5-4-11-23(24)26(32)29-22-15-13-21(14-16-22)28-20-9-2-1-3-10-20/h1-17,28H,(H,29,32)(H,30,31). The fraction of sp³-hybridized carbons (Fsp3) is 0. The fourth-order valence-corrected chi connectivity index (χ4v) is 3.54. The minimum atomic E-state index is -0.307. The number of hydrogen-bond donors (Lipinski definition) is 3. The maximum Gasteiger partial charge on any atom is 0.257 e. The molecule has 0 atom stereocenters. The average molecular weight is 486 g/mol. The zero-order valence-corrected chi connectivity index (χ0v) is 18.6. The van der Waals surface area contributed by atoms with Crippen molar-refractivity contribution in [2.75, 3.05) is 16.0 Å². The normalized spacial score (nSPS) is 10.3. The highest BCUT2D eigenvalue weighted by atomic mass is 79.9. The molecule has 6 heteroatoms. The largest absolute Gasteiger partial charge is 0.356 e. The summed E-state index contributed by atoms with van der Waals surface area (Å²) < 4.78 is 0.807. The third-order valence-corrected chi connectivity index (χ3v) is 5.21. The molecule has 0 saturated carbocycles. The lowest BCUT2D eigenvalue weighted by Gasteiger charge is -2.12. The van der Waals surface area contributed by atoms with Crippen LogP contribution >= 0.6 is 15.9 Å². The predicted molar refractivity (Wildman–Crippen MR) is 133 cm³/mol. The quantitative estimate of drug-likeness (QED) is 0.284. The minimum Gasteiger partial charge on any atom is -0.356 e. The lowest BCUT2D eigenvalue weighted by Crippen LogP contribution is -2.18. The summed E-state index contributed by atoms with van der Waals surface area (Å²) in [6, 6.07) is 31.3. The second-order valence-electron chi connectivity index (χ2n) is 7.03. The van der Waals surface area contributed by atoms with Crippen molar-refractivity contribution in [3.05, 3.63) is 119 Å². The first-order chi connectivity index (χ1) is 15.6. The van der Waals surface area contributed by atoms with E-state index in [9.17, 15) is 9.59 Å². The molecule has 2 amide bonds. The van der Waals surface area contributed by atoms with Gasteiger partial charge in [0.05, 0.1) is 11.3 Å². The molecule has 32 heavy (non-hydrogen) atoms. The molecular formula is C26H20BrN3O2. The number of carbonyl (C=O) groups excluding carboxylic acids is 2. The number of rotatable bonds is 6. The average Bonchev–Trinajstić information content (AvgIpc) is 2.81. The number of para-hydroxylation sites is 2. The Hall–Kier alpha value is -3.90. The van der Waals surface area contributed by atoms with Crippen molar-refractivity contribution in [1.82, 2.24) is 0 Å². The van der Waals surface area contributed by atoms with Crippen molar-refractivity contribution in [1.29, 1.82) is 0 Å². The van der Waals surface area contributed by atoms with Gasteiger partial charge in [0.1, 0.15) is 0 Å². The van der Waals surface area contributed by atoms with E-state index >= 15 is 0 Å². The molecule has 4 aromatic carbocycles. The first kappa shape index (κ1) is 21.3. The maximum absolute atomic E-state index is 12.9. The molecule has 3 N–H and O–H groups in total. The Morgan fingerprint density at radius 3 is 2.00 bits per heavy atom. The highest BCUT2D eigenvalue weighted by Gasteiger charge is 2.14. The second kappa shape index (κ2) is 9.94. The molecule has 0 fully saturated rings. The topological polar surface area (TPSA) is 70.2 Å². The molecule has 0 saturated heterocycles. The van der Waals surface area contributed by atoms with Crippen LogP contribution in [0.2, 0.25) is 0 Å². The van der Waals surface area contributed by atoms with Crippen LogP contribution in [0.4, 0.5) is 22.7 Å². The lowest BCUT2D eigenvalue weighted by molar-refractivity contribution is 0.102. The van der Waals surface area contributed by atoms with Crippen LogP contribution < -0.4 is 16.0 Å². The van der Waals surface area contributed by atoms with Crippen molar-refractivity contribution in [3.63, 3.8) is 0 Å². The maximum atomic E-state index is 12.9. The number of benzene rings is 4. The summed E-state index contributed by atoms with van der Waals surface area (Å²) >= 11 is 3.37. The number of nitrogens with one attached hydrogen (secondary N) is 3. The van der Waals surface area contributed by atoms with E-state index in [2.05, 4.69) is 31.9 Å². The number of hydrogen-bond acceptors (Lipinski definition) is 3. The molecule has 0 aliphatic rings. The third-order valence-electron chi connectivity index (χ3n) is 4.71. The van der Waals surface area contributed by atoms with Gasteiger partial charge < -0.3 is 16.0 Å². The summed E-state index contributed by atoms with van der Waals surface area (Å²) in [4.78, 5) is 25.5. The van der Waals surface area contributed by atoms with E-state index in [1.165, 1.54) is 0 Å². The molecular weight excluding hydrogens is 466 g/mol. The van der Waals surface area contributed by atoms with E-state index < -0.39 is 0 Å². The predicted octanol–water partition coefficient (Wildman–Crippen LogP) is 6.70. The number of carbonyl (C=O) groups is 2. The summed E-state index contributed by atoms with van der Waals surface area (Å²) in [6.07, 6.45) is 0. The summed E-state index contributed by atoms with van der Waals surface area (Å²) in [5.41, 5.74) is 3.87. The van der Waals surface area contributed by atoms with Crippen molar-refractivity contribution in [3.8, 4) is 0 Å². The van der Waals surface area contributed by atoms with Gasteiger partial charge >= 0.3 is 0 Å². The van der Waals surface area contributed by atoms with E-state index in [0.29, 0.717) is 22.5 Å². The number of halogens is 1. The zero-order chi connectivity index (χ0) is 22.3. The van der Waals surface area contributed by atoms with Gasteiger partial charge in [-0.2, -0.15) is 0 Å². The molecule has 0 aliphatic heterocycles. The Morgan fingerprint density at radius 2 is 1.25 bits per heavy atom. The molecule has 4 aromatic rings. The SMILES string of the molecule is O=C(Nc1ccccc1C(=O)Nc1ccc(Nc2ccccc2)cc1)c1cccc(Br)c1. The van der Waals surface area contributed by atoms with Crippen molar-refractivity contribution >= 4 is 50.5 Å². The van der Waals surface area contributed by atoms with Crippen molar-refractivity contribution in [2.24, 2.45) is 0 Å². The van der Waals surface area contributed by atoms with E-state index in [-0.39, 0.29) is 11.8 Å². The van der Waals surface area contributed by atoms with Gasteiger partial charge in [-0.05, 0) is 66.7 Å². The Bertz CT molecular complexity index is 1240. The van der Waals surface area contributed by atoms with Crippen molar-refractivity contribution < 1.29 is 9.59 Å². The summed E-state index contributed by atoms with van der Waals surface area (Å²) in [5, 5.41) is 9.02. The van der Waals surface area contributed by atoms with Crippen LogP contribution in [-0.4, -0.2) is 11.8 Å². The highest BCUT2D eigenvalue weighted by Crippen LogP contribution is 2.22. The first-order valence-electron chi connectivity index (χ1n) is 9.98. The molecule has 158 valence electrons. The van der Waals surface area contributed by atoms with Crippen LogP contribution in [0.5, 0.6) is 0 Å². The van der Waals surface area contributed by atoms with Gasteiger partial charge in [-0.15, -0.1) is 0 Å². The Kier molecular flexibility index (Phi) is 6.63. The number of amides is 2. The summed E-state index contributed by atoms with van der Waals surface area (Å²) in [7, 11) is 0. The van der Waals surface area contributed by atoms with E-state index in [1.54, 1.807) is 42.5 Å². The Morgan fingerprint density at radius 1 is 0.594 bits per heavy atom. The molecule has 0 spiro atoms. The second-order valence-corrected chi connectivity index (χ2v) is 7.95. The monoisotopic (exact) mass is 485 g/mol. The number of anilines is 4. The molecule has 0 bridgehead atoms.